The maximum atomic E-state index is 11.6. The summed E-state index contributed by atoms with van der Waals surface area (Å²) >= 11 is 4.93. The summed E-state index contributed by atoms with van der Waals surface area (Å²) in [5, 5.41) is 5.44. The van der Waals surface area contributed by atoms with Gasteiger partial charge in [0.2, 0.25) is 0 Å². The van der Waals surface area contributed by atoms with Gasteiger partial charge in [0.15, 0.2) is 0 Å². The number of nitrogens with two attached hydrogens (primary N) is 1. The Hall–Kier alpha value is -1.63. The largest absolute Gasteiger partial charge is 0.389 e. The number of nitrogens with zero attached hydrogens (tertiary/aromatic N) is 1. The van der Waals surface area contributed by atoms with Crippen LogP contribution in [0.3, 0.4) is 0 Å². The van der Waals surface area contributed by atoms with Crippen LogP contribution in [0.1, 0.15) is 25.8 Å². The Morgan fingerprint density at radius 2 is 2.33 bits per heavy atom. The van der Waals surface area contributed by atoms with Crippen LogP contribution in [0.4, 0.5) is 10.6 Å². The second-order valence-corrected chi connectivity index (χ2v) is 4.60. The van der Waals surface area contributed by atoms with Crippen LogP contribution in [0, 0.1) is 0 Å². The average Bonchev–Trinajstić information content (AvgIpc) is 2.31. The number of amides is 2. The van der Waals surface area contributed by atoms with Crippen molar-refractivity contribution in [3.05, 3.63) is 17.8 Å². The van der Waals surface area contributed by atoms with E-state index in [1.807, 2.05) is 21.7 Å². The maximum Gasteiger partial charge on any atom is 0.320 e. The molecule has 0 saturated heterocycles. The Morgan fingerprint density at radius 3 is 2.89 bits per heavy atom. The number of pyridine rings is 1. The van der Waals surface area contributed by atoms with Crippen LogP contribution in [0.15, 0.2) is 12.3 Å². The molecule has 18 heavy (non-hydrogen) atoms. The fourth-order valence-electron chi connectivity index (χ4n) is 1.34. The van der Waals surface area contributed by atoms with Crippen LogP contribution in [-0.4, -0.2) is 29.9 Å². The van der Waals surface area contributed by atoms with Gasteiger partial charge in [0.1, 0.15) is 18.7 Å². The fourth-order valence-corrected chi connectivity index (χ4v) is 1.56. The number of thiocarbonyl (C=S) groups is 1. The zero-order chi connectivity index (χ0) is 13.7. The van der Waals surface area contributed by atoms with Crippen LogP contribution in [-0.2, 0) is 0 Å². The van der Waals surface area contributed by atoms with Crippen LogP contribution in [0.5, 0.6) is 0 Å². The Bertz CT molecular complexity index is 466. The van der Waals surface area contributed by atoms with E-state index >= 15 is 0 Å². The van der Waals surface area contributed by atoms with Crippen molar-refractivity contribution in [2.75, 3.05) is 5.32 Å². The molecule has 0 fully saturated rings. The number of carbonyl (C=O) groups is 1. The lowest BCUT2D eigenvalue weighted by Gasteiger charge is -2.13. The zero-order valence-corrected chi connectivity index (χ0v) is 11.6. The minimum absolute atomic E-state index is 0.116. The van der Waals surface area contributed by atoms with Crippen molar-refractivity contribution in [3.63, 3.8) is 0 Å². The molecule has 4 N–H and O–H groups in total. The van der Waals surface area contributed by atoms with Gasteiger partial charge < -0.3 is 11.1 Å². The summed E-state index contributed by atoms with van der Waals surface area (Å²) in [5.74, 6) is 0.434. The number of rotatable bonds is 4. The highest BCUT2D eigenvalue weighted by Gasteiger charge is 2.08. The molecule has 1 heterocycles. The van der Waals surface area contributed by atoms with Crippen molar-refractivity contribution in [3.8, 4) is 0 Å². The molecule has 5 nitrogen and oxygen atoms in total. The normalized spacial score (nSPS) is 11.7. The molecule has 0 aliphatic rings. The topological polar surface area (TPSA) is 80.0 Å². The van der Waals surface area contributed by atoms with E-state index in [0.717, 1.165) is 17.4 Å². The maximum absolute atomic E-state index is 11.6. The van der Waals surface area contributed by atoms with Gasteiger partial charge in [-0.15, -0.1) is 0 Å². The smallest absolute Gasteiger partial charge is 0.320 e. The van der Waals surface area contributed by atoms with E-state index in [2.05, 4.69) is 15.6 Å². The lowest BCUT2D eigenvalue weighted by Crippen LogP contribution is -2.36. The van der Waals surface area contributed by atoms with E-state index in [4.69, 9.17) is 18.0 Å². The van der Waals surface area contributed by atoms with E-state index in [-0.39, 0.29) is 12.1 Å². The lowest BCUT2D eigenvalue weighted by atomic mass is 9.93. The van der Waals surface area contributed by atoms with Gasteiger partial charge in [-0.25, -0.2) is 9.78 Å². The Balaban J connectivity index is 2.76. The number of aromatic nitrogens is 1. The van der Waals surface area contributed by atoms with Crippen LogP contribution in [0.25, 0.3) is 0 Å². The first-order valence-electron chi connectivity index (χ1n) is 5.78. The standard InChI is InChI=1S/C11H17BN4OS/c1-3-6(2)15-11(17)16-9-4-7(10(13)18)8(12)5-14-9/h4-6H,3,12H2,1-2H3,(H2,13,18)(H2,14,15,16,17). The summed E-state index contributed by atoms with van der Waals surface area (Å²) in [6.45, 7) is 3.93. The molecular formula is C11H17BN4OS. The van der Waals surface area contributed by atoms with Crippen molar-refractivity contribution in [1.29, 1.82) is 0 Å². The Labute approximate surface area is 113 Å². The first kappa shape index (κ1) is 14.4. The molecule has 1 unspecified atom stereocenters. The van der Waals surface area contributed by atoms with Gasteiger partial charge in [0, 0.05) is 17.8 Å². The minimum Gasteiger partial charge on any atom is -0.389 e. The Kier molecular flexibility index (Phi) is 5.09. The zero-order valence-electron chi connectivity index (χ0n) is 10.8. The number of nitrogens with one attached hydrogen (secondary N) is 2. The number of urea groups is 1. The quantitative estimate of drug-likeness (QED) is 0.524. The molecule has 2 amide bonds. The molecule has 0 aliphatic carbocycles. The number of anilines is 1. The van der Waals surface area contributed by atoms with Gasteiger partial charge in [0.05, 0.1) is 0 Å². The molecule has 0 bridgehead atoms. The molecule has 1 rings (SSSR count). The monoisotopic (exact) mass is 264 g/mol. The molecular weight excluding hydrogens is 247 g/mol. The van der Waals surface area contributed by atoms with Crippen LogP contribution < -0.4 is 21.8 Å². The molecule has 0 saturated carbocycles. The summed E-state index contributed by atoms with van der Waals surface area (Å²) in [5.41, 5.74) is 7.20. The fraction of sp³-hybridized carbons (Fsp3) is 0.364. The first-order valence-corrected chi connectivity index (χ1v) is 6.18. The molecule has 96 valence electrons. The first-order chi connectivity index (χ1) is 8.43. The highest BCUT2D eigenvalue weighted by molar-refractivity contribution is 7.80. The SMILES string of the molecule is Bc1cnc(NC(=O)NC(C)CC)cc1C(N)=S. The summed E-state index contributed by atoms with van der Waals surface area (Å²) in [6.07, 6.45) is 2.50. The van der Waals surface area contributed by atoms with E-state index in [1.54, 1.807) is 12.3 Å². The highest BCUT2D eigenvalue weighted by Crippen LogP contribution is 2.04. The van der Waals surface area contributed by atoms with Gasteiger partial charge in [-0.3, -0.25) is 5.32 Å². The predicted octanol–water partition coefficient (Wildman–Crippen LogP) is -0.106. The van der Waals surface area contributed by atoms with E-state index < -0.39 is 0 Å². The second kappa shape index (κ2) is 6.35. The third-order valence-corrected chi connectivity index (χ3v) is 2.82. The van der Waals surface area contributed by atoms with E-state index in [1.165, 1.54) is 0 Å². The molecule has 1 aromatic heterocycles. The third-order valence-electron chi connectivity index (χ3n) is 2.60. The minimum atomic E-state index is -0.283. The van der Waals surface area contributed by atoms with Crippen molar-refractivity contribution >= 4 is 42.4 Å². The molecule has 0 aliphatic heterocycles. The highest BCUT2D eigenvalue weighted by atomic mass is 32.1. The van der Waals surface area contributed by atoms with Crippen molar-refractivity contribution in [1.82, 2.24) is 10.3 Å². The van der Waals surface area contributed by atoms with Crippen LogP contribution in [0.2, 0.25) is 0 Å². The predicted molar refractivity (Wildman–Crippen MR) is 80.2 cm³/mol. The molecule has 1 aromatic rings. The molecule has 1 atom stereocenters. The molecule has 0 spiro atoms. The molecule has 0 aromatic carbocycles. The Morgan fingerprint density at radius 1 is 1.67 bits per heavy atom. The van der Waals surface area contributed by atoms with Gasteiger partial charge >= 0.3 is 6.03 Å². The number of hydrogen-bond donors (Lipinski definition) is 3. The summed E-state index contributed by atoms with van der Waals surface area (Å²) < 4.78 is 0. The third kappa shape index (κ3) is 3.99. The van der Waals surface area contributed by atoms with Gasteiger partial charge in [-0.2, -0.15) is 0 Å². The van der Waals surface area contributed by atoms with Gasteiger partial charge in [0.25, 0.3) is 0 Å². The van der Waals surface area contributed by atoms with E-state index in [9.17, 15) is 4.79 Å². The second-order valence-electron chi connectivity index (χ2n) is 4.16. The molecule has 7 heteroatoms. The summed E-state index contributed by atoms with van der Waals surface area (Å²) in [6, 6.07) is 1.51. The van der Waals surface area contributed by atoms with Crippen LogP contribution >= 0.6 is 12.2 Å². The van der Waals surface area contributed by atoms with Crippen molar-refractivity contribution in [2.24, 2.45) is 5.73 Å². The molecule has 0 radical (unpaired) electrons. The average molecular weight is 264 g/mol. The van der Waals surface area contributed by atoms with E-state index in [0.29, 0.717) is 10.8 Å². The number of hydrogen-bond acceptors (Lipinski definition) is 3. The van der Waals surface area contributed by atoms with Crippen molar-refractivity contribution in [2.45, 2.75) is 26.3 Å². The van der Waals surface area contributed by atoms with Crippen molar-refractivity contribution < 1.29 is 4.79 Å². The lowest BCUT2D eigenvalue weighted by molar-refractivity contribution is 0.249. The van der Waals surface area contributed by atoms with Gasteiger partial charge in [-0.1, -0.05) is 24.6 Å². The number of carbonyl (C=O) groups excluding carboxylic acids is 1. The summed E-state index contributed by atoms with van der Waals surface area (Å²) in [4.78, 5) is 16.0. The summed E-state index contributed by atoms with van der Waals surface area (Å²) in [7, 11) is 1.87. The van der Waals surface area contributed by atoms with Gasteiger partial charge in [-0.05, 0) is 19.4 Å².